The third kappa shape index (κ3) is 3.10. The molecule has 0 aliphatic heterocycles. The fourth-order valence-electron chi connectivity index (χ4n) is 2.75. The van der Waals surface area contributed by atoms with Crippen molar-refractivity contribution in [3.63, 3.8) is 0 Å². The maximum atomic E-state index is 13.8. The van der Waals surface area contributed by atoms with Gasteiger partial charge >= 0.3 is 5.97 Å². The molecule has 1 saturated carbocycles. The molecule has 1 N–H and O–H groups in total. The van der Waals surface area contributed by atoms with E-state index in [9.17, 15) is 14.3 Å². The summed E-state index contributed by atoms with van der Waals surface area (Å²) >= 11 is 3.22. The van der Waals surface area contributed by atoms with Gasteiger partial charge in [0.05, 0.1) is 5.92 Å². The van der Waals surface area contributed by atoms with Crippen LogP contribution in [0.2, 0.25) is 0 Å². The van der Waals surface area contributed by atoms with Gasteiger partial charge in [-0.3, -0.25) is 4.79 Å². The van der Waals surface area contributed by atoms with Crippen molar-refractivity contribution in [3.05, 3.63) is 34.1 Å². The van der Waals surface area contributed by atoms with E-state index < -0.39 is 5.97 Å². The van der Waals surface area contributed by atoms with E-state index in [1.165, 1.54) is 6.07 Å². The summed E-state index contributed by atoms with van der Waals surface area (Å²) in [6.07, 6.45) is 4.14. The molecule has 1 aromatic rings. The highest BCUT2D eigenvalue weighted by molar-refractivity contribution is 9.10. The Morgan fingerprint density at radius 3 is 2.78 bits per heavy atom. The topological polar surface area (TPSA) is 37.3 Å². The summed E-state index contributed by atoms with van der Waals surface area (Å²) in [5, 5.41) is 9.20. The molecule has 0 radical (unpaired) electrons. The summed E-state index contributed by atoms with van der Waals surface area (Å²) in [5.74, 6) is -1.25. The van der Waals surface area contributed by atoms with Crippen LogP contribution in [0.3, 0.4) is 0 Å². The summed E-state index contributed by atoms with van der Waals surface area (Å²) in [6, 6.07) is 4.98. The fraction of sp³-hybridized carbons (Fsp3) is 0.500. The molecule has 0 heterocycles. The summed E-state index contributed by atoms with van der Waals surface area (Å²) < 4.78 is 14.5. The summed E-state index contributed by atoms with van der Waals surface area (Å²) in [5.41, 5.74) is 0.622. The van der Waals surface area contributed by atoms with E-state index in [1.807, 2.05) is 0 Å². The number of rotatable bonds is 3. The Bertz CT molecular complexity index is 447. The molecule has 18 heavy (non-hydrogen) atoms. The van der Waals surface area contributed by atoms with Crippen LogP contribution in [0.15, 0.2) is 22.7 Å². The second-order valence-corrected chi connectivity index (χ2v) is 5.84. The van der Waals surface area contributed by atoms with Crippen LogP contribution >= 0.6 is 15.9 Å². The van der Waals surface area contributed by atoms with Crippen LogP contribution in [-0.2, 0) is 11.2 Å². The number of carboxylic acids is 1. The SMILES string of the molecule is O=C(O)C1CCCCC1Cc1ccc(Br)cc1F. The second kappa shape index (κ2) is 5.83. The van der Waals surface area contributed by atoms with Crippen LogP contribution < -0.4 is 0 Å². The van der Waals surface area contributed by atoms with Gasteiger partial charge in [0.2, 0.25) is 0 Å². The molecule has 0 aromatic heterocycles. The van der Waals surface area contributed by atoms with Crippen LogP contribution in [0, 0.1) is 17.7 Å². The van der Waals surface area contributed by atoms with E-state index in [-0.39, 0.29) is 17.7 Å². The largest absolute Gasteiger partial charge is 0.481 e. The smallest absolute Gasteiger partial charge is 0.306 e. The normalized spacial score (nSPS) is 23.9. The van der Waals surface area contributed by atoms with Crippen LogP contribution in [-0.4, -0.2) is 11.1 Å². The molecule has 1 aliphatic rings. The van der Waals surface area contributed by atoms with Crippen molar-refractivity contribution in [2.45, 2.75) is 32.1 Å². The minimum Gasteiger partial charge on any atom is -0.481 e. The zero-order valence-corrected chi connectivity index (χ0v) is 11.6. The maximum Gasteiger partial charge on any atom is 0.306 e. The summed E-state index contributed by atoms with van der Waals surface area (Å²) in [4.78, 5) is 11.2. The van der Waals surface area contributed by atoms with Gasteiger partial charge in [0.25, 0.3) is 0 Å². The predicted octanol–water partition coefficient (Wildman–Crippen LogP) is 4.02. The van der Waals surface area contributed by atoms with Crippen molar-refractivity contribution >= 4 is 21.9 Å². The zero-order valence-electron chi connectivity index (χ0n) is 10.0. The van der Waals surface area contributed by atoms with Crippen molar-refractivity contribution < 1.29 is 14.3 Å². The first-order valence-electron chi connectivity index (χ1n) is 6.24. The van der Waals surface area contributed by atoms with Crippen molar-refractivity contribution in [1.29, 1.82) is 0 Å². The van der Waals surface area contributed by atoms with Gasteiger partial charge < -0.3 is 5.11 Å². The molecule has 1 fully saturated rings. The summed E-state index contributed by atoms with van der Waals surface area (Å²) in [7, 11) is 0. The predicted molar refractivity (Wildman–Crippen MR) is 70.9 cm³/mol. The number of halogens is 2. The first kappa shape index (κ1) is 13.5. The lowest BCUT2D eigenvalue weighted by molar-refractivity contribution is -0.144. The van der Waals surface area contributed by atoms with Gasteiger partial charge in [-0.05, 0) is 42.9 Å². The highest BCUT2D eigenvalue weighted by atomic mass is 79.9. The summed E-state index contributed by atoms with van der Waals surface area (Å²) in [6.45, 7) is 0. The van der Waals surface area contributed by atoms with Crippen LogP contribution in [0.1, 0.15) is 31.2 Å². The highest BCUT2D eigenvalue weighted by Crippen LogP contribution is 2.33. The Balaban J connectivity index is 2.13. The third-order valence-corrected chi connectivity index (χ3v) is 4.22. The van der Waals surface area contributed by atoms with E-state index in [0.29, 0.717) is 16.5 Å². The molecule has 2 nitrogen and oxygen atoms in total. The molecule has 0 spiro atoms. The lowest BCUT2D eigenvalue weighted by atomic mass is 9.76. The minimum atomic E-state index is -0.739. The molecule has 2 atom stereocenters. The molecule has 0 bridgehead atoms. The van der Waals surface area contributed by atoms with Gasteiger partial charge in [0, 0.05) is 4.47 Å². The molecular weight excluding hydrogens is 299 g/mol. The third-order valence-electron chi connectivity index (χ3n) is 3.72. The number of carbonyl (C=O) groups is 1. The average Bonchev–Trinajstić information content (AvgIpc) is 2.33. The number of hydrogen-bond donors (Lipinski definition) is 1. The van der Waals surface area contributed by atoms with Crippen molar-refractivity contribution in [2.75, 3.05) is 0 Å². The zero-order chi connectivity index (χ0) is 13.1. The Labute approximate surface area is 114 Å². The molecule has 2 rings (SSSR count). The number of carboxylic acid groups (broad SMARTS) is 1. The molecular formula is C14H16BrFO2. The van der Waals surface area contributed by atoms with E-state index >= 15 is 0 Å². The van der Waals surface area contributed by atoms with Gasteiger partial charge in [-0.25, -0.2) is 4.39 Å². The standard InChI is InChI=1S/C14H16BrFO2/c15-11-6-5-10(13(16)8-11)7-9-3-1-2-4-12(9)14(17)18/h5-6,8-9,12H,1-4,7H2,(H,17,18). The minimum absolute atomic E-state index is 0.0620. The second-order valence-electron chi connectivity index (χ2n) is 4.93. The number of benzene rings is 1. The van der Waals surface area contributed by atoms with Crippen molar-refractivity contribution in [2.24, 2.45) is 11.8 Å². The first-order chi connectivity index (χ1) is 8.58. The van der Waals surface area contributed by atoms with Crippen LogP contribution in [0.5, 0.6) is 0 Å². The van der Waals surface area contributed by atoms with E-state index in [2.05, 4.69) is 15.9 Å². The Morgan fingerprint density at radius 1 is 1.39 bits per heavy atom. The molecule has 1 aliphatic carbocycles. The quantitative estimate of drug-likeness (QED) is 0.914. The molecule has 1 aromatic carbocycles. The Kier molecular flexibility index (Phi) is 4.38. The number of hydrogen-bond acceptors (Lipinski definition) is 1. The van der Waals surface area contributed by atoms with Gasteiger partial charge in [0.1, 0.15) is 5.82 Å². The lowest BCUT2D eigenvalue weighted by Gasteiger charge is -2.28. The maximum absolute atomic E-state index is 13.8. The van der Waals surface area contributed by atoms with Gasteiger partial charge in [-0.2, -0.15) is 0 Å². The van der Waals surface area contributed by atoms with Crippen LogP contribution in [0.25, 0.3) is 0 Å². The lowest BCUT2D eigenvalue weighted by Crippen LogP contribution is -2.28. The molecule has 4 heteroatoms. The van der Waals surface area contributed by atoms with Gasteiger partial charge in [0.15, 0.2) is 0 Å². The Hall–Kier alpha value is -0.900. The fourth-order valence-corrected chi connectivity index (χ4v) is 3.08. The van der Waals surface area contributed by atoms with Crippen molar-refractivity contribution in [1.82, 2.24) is 0 Å². The Morgan fingerprint density at radius 2 is 2.11 bits per heavy atom. The van der Waals surface area contributed by atoms with E-state index in [4.69, 9.17) is 0 Å². The average molecular weight is 315 g/mol. The molecule has 0 amide bonds. The van der Waals surface area contributed by atoms with Crippen LogP contribution in [0.4, 0.5) is 4.39 Å². The van der Waals surface area contributed by atoms with Crippen molar-refractivity contribution in [3.8, 4) is 0 Å². The molecule has 0 saturated heterocycles. The highest BCUT2D eigenvalue weighted by Gasteiger charge is 2.31. The first-order valence-corrected chi connectivity index (χ1v) is 7.04. The molecule has 2 unspecified atom stereocenters. The van der Waals surface area contributed by atoms with E-state index in [1.54, 1.807) is 12.1 Å². The molecule has 98 valence electrons. The monoisotopic (exact) mass is 314 g/mol. The van der Waals surface area contributed by atoms with Gasteiger partial charge in [-0.15, -0.1) is 0 Å². The number of aliphatic carboxylic acids is 1. The van der Waals surface area contributed by atoms with E-state index in [0.717, 1.165) is 25.7 Å². The van der Waals surface area contributed by atoms with Gasteiger partial charge in [-0.1, -0.05) is 34.8 Å².